The first-order valence-corrected chi connectivity index (χ1v) is 10.8. The Bertz CT molecular complexity index is 1160. The zero-order valence-corrected chi connectivity index (χ0v) is 17.8. The molecule has 1 fully saturated rings. The monoisotopic (exact) mass is 464 g/mol. The van der Waals surface area contributed by atoms with Gasteiger partial charge in [0.2, 0.25) is 11.8 Å². The third kappa shape index (κ3) is 4.72. The van der Waals surface area contributed by atoms with Crippen LogP contribution in [0.2, 0.25) is 0 Å². The van der Waals surface area contributed by atoms with Gasteiger partial charge in [0.15, 0.2) is 5.16 Å². The third-order valence-corrected chi connectivity index (χ3v) is 6.00. The molecule has 0 atom stereocenters. The molecule has 0 spiro atoms. The molecule has 1 saturated heterocycles. The molecule has 32 heavy (non-hydrogen) atoms. The van der Waals surface area contributed by atoms with Gasteiger partial charge in [-0.1, -0.05) is 11.8 Å². The molecule has 0 unspecified atom stereocenters. The molecule has 3 aromatic rings. The number of likely N-dealkylation sites (tertiary alicyclic amines) is 1. The van der Waals surface area contributed by atoms with E-state index < -0.39 is 11.7 Å². The van der Waals surface area contributed by atoms with E-state index in [1.807, 2.05) is 6.92 Å². The van der Waals surface area contributed by atoms with E-state index in [4.69, 9.17) is 4.74 Å². The van der Waals surface area contributed by atoms with Crippen LogP contribution in [-0.4, -0.2) is 44.8 Å². The summed E-state index contributed by atoms with van der Waals surface area (Å²) < 4.78 is 44.4. The van der Waals surface area contributed by atoms with Gasteiger partial charge in [0.1, 0.15) is 12.4 Å². The number of imidazole rings is 1. The SMILES string of the molecule is Cc1c(OCCN2C(=O)CCC2=O)ccnc1CSc1nc2cc(C(F)(F)F)ccc2[nH]1. The van der Waals surface area contributed by atoms with Crippen LogP contribution < -0.4 is 4.74 Å². The third-order valence-electron chi connectivity index (χ3n) is 5.12. The summed E-state index contributed by atoms with van der Waals surface area (Å²) in [6.07, 6.45) is -2.34. The zero-order chi connectivity index (χ0) is 22.9. The summed E-state index contributed by atoms with van der Waals surface area (Å²) >= 11 is 1.32. The number of carbonyl (C=O) groups is 2. The Balaban J connectivity index is 1.39. The minimum absolute atomic E-state index is 0.181. The van der Waals surface area contributed by atoms with Crippen molar-refractivity contribution in [2.75, 3.05) is 13.2 Å². The number of hydrogen-bond acceptors (Lipinski definition) is 6. The number of ether oxygens (including phenoxy) is 1. The van der Waals surface area contributed by atoms with E-state index in [-0.39, 0.29) is 43.3 Å². The summed E-state index contributed by atoms with van der Waals surface area (Å²) in [5.41, 5.74) is 1.56. The van der Waals surface area contributed by atoms with Crippen LogP contribution in [0.5, 0.6) is 5.75 Å². The highest BCUT2D eigenvalue weighted by atomic mass is 32.2. The minimum Gasteiger partial charge on any atom is -0.491 e. The average Bonchev–Trinajstić information content (AvgIpc) is 3.30. The lowest BCUT2D eigenvalue weighted by Crippen LogP contribution is -2.33. The van der Waals surface area contributed by atoms with Crippen LogP contribution in [0.3, 0.4) is 0 Å². The Kier molecular flexibility index (Phi) is 6.09. The number of benzene rings is 1. The van der Waals surface area contributed by atoms with Crippen LogP contribution in [0.15, 0.2) is 35.6 Å². The number of nitrogens with zero attached hydrogens (tertiary/aromatic N) is 3. The number of H-pyrrole nitrogens is 1. The van der Waals surface area contributed by atoms with E-state index in [9.17, 15) is 22.8 Å². The van der Waals surface area contributed by atoms with Gasteiger partial charge in [-0.2, -0.15) is 13.2 Å². The van der Waals surface area contributed by atoms with Crippen LogP contribution in [-0.2, 0) is 21.5 Å². The molecular weight excluding hydrogens is 445 g/mol. The number of halogens is 3. The normalized spacial score (nSPS) is 14.6. The number of imide groups is 1. The van der Waals surface area contributed by atoms with Crippen LogP contribution in [0.4, 0.5) is 13.2 Å². The Morgan fingerprint density at radius 1 is 1.19 bits per heavy atom. The molecule has 2 aromatic heterocycles. The second kappa shape index (κ2) is 8.81. The number of nitrogens with one attached hydrogen (secondary N) is 1. The first kappa shape index (κ1) is 22.1. The van der Waals surface area contributed by atoms with Crippen LogP contribution in [0.25, 0.3) is 11.0 Å². The van der Waals surface area contributed by atoms with Gasteiger partial charge >= 0.3 is 6.18 Å². The first-order valence-electron chi connectivity index (χ1n) is 9.82. The van der Waals surface area contributed by atoms with Crippen molar-refractivity contribution in [2.24, 2.45) is 0 Å². The van der Waals surface area contributed by atoms with E-state index in [1.165, 1.54) is 22.7 Å². The van der Waals surface area contributed by atoms with Crippen molar-refractivity contribution < 1.29 is 27.5 Å². The van der Waals surface area contributed by atoms with Gasteiger partial charge < -0.3 is 9.72 Å². The Hall–Kier alpha value is -3.08. The summed E-state index contributed by atoms with van der Waals surface area (Å²) in [4.78, 5) is 36.2. The molecule has 2 amide bonds. The van der Waals surface area contributed by atoms with Crippen molar-refractivity contribution in [1.29, 1.82) is 0 Å². The molecule has 1 aliphatic heterocycles. The number of rotatable bonds is 7. The van der Waals surface area contributed by atoms with Crippen molar-refractivity contribution in [3.05, 3.63) is 47.3 Å². The topological polar surface area (TPSA) is 88.2 Å². The van der Waals surface area contributed by atoms with E-state index in [0.717, 1.165) is 23.4 Å². The smallest absolute Gasteiger partial charge is 0.416 e. The molecule has 0 aliphatic carbocycles. The standard InChI is InChI=1S/C21H19F3N4O3S/c1-12-16(25-7-6-17(12)31-9-8-28-18(29)4-5-19(28)30)11-32-20-26-14-3-2-13(21(22,23)24)10-15(14)27-20/h2-3,6-7,10H,4-5,8-9,11H2,1H3,(H,26,27). The lowest BCUT2D eigenvalue weighted by molar-refractivity contribution is -0.139. The van der Waals surface area contributed by atoms with Crippen LogP contribution >= 0.6 is 11.8 Å². The van der Waals surface area contributed by atoms with E-state index in [1.54, 1.807) is 12.3 Å². The summed E-state index contributed by atoms with van der Waals surface area (Å²) in [6, 6.07) is 5.11. The second-order valence-electron chi connectivity index (χ2n) is 7.23. The van der Waals surface area contributed by atoms with Gasteiger partial charge in [-0.3, -0.25) is 19.5 Å². The van der Waals surface area contributed by atoms with Crippen LogP contribution in [0, 0.1) is 6.92 Å². The predicted molar refractivity (Wildman–Crippen MR) is 111 cm³/mol. The average molecular weight is 464 g/mol. The van der Waals surface area contributed by atoms with Gasteiger partial charge in [0.25, 0.3) is 0 Å². The molecule has 3 heterocycles. The summed E-state index contributed by atoms with van der Waals surface area (Å²) in [6.45, 7) is 2.22. The zero-order valence-electron chi connectivity index (χ0n) is 17.0. The maximum atomic E-state index is 12.9. The molecule has 0 saturated carbocycles. The van der Waals surface area contributed by atoms with Crippen molar-refractivity contribution in [1.82, 2.24) is 19.9 Å². The van der Waals surface area contributed by atoms with Gasteiger partial charge in [0.05, 0.1) is 28.8 Å². The molecule has 1 N–H and O–H groups in total. The lowest BCUT2D eigenvalue weighted by atomic mass is 10.2. The lowest BCUT2D eigenvalue weighted by Gasteiger charge is -2.16. The number of hydrogen-bond donors (Lipinski definition) is 1. The highest BCUT2D eigenvalue weighted by Gasteiger charge is 2.31. The quantitative estimate of drug-likeness (QED) is 0.418. The highest BCUT2D eigenvalue weighted by molar-refractivity contribution is 7.98. The van der Waals surface area contributed by atoms with Gasteiger partial charge in [0, 0.05) is 30.4 Å². The van der Waals surface area contributed by atoms with Gasteiger partial charge in [-0.25, -0.2) is 4.98 Å². The number of aromatic nitrogens is 3. The number of amides is 2. The Labute approximate surface area is 185 Å². The largest absolute Gasteiger partial charge is 0.491 e. The Morgan fingerprint density at radius 2 is 1.94 bits per heavy atom. The molecule has 0 radical (unpaired) electrons. The van der Waals surface area contributed by atoms with E-state index in [0.29, 0.717) is 22.2 Å². The fourth-order valence-corrected chi connectivity index (χ4v) is 4.25. The Morgan fingerprint density at radius 3 is 2.66 bits per heavy atom. The molecule has 0 bridgehead atoms. The van der Waals surface area contributed by atoms with Crippen molar-refractivity contribution in [3.63, 3.8) is 0 Å². The maximum Gasteiger partial charge on any atom is 0.416 e. The molecule has 1 aromatic carbocycles. The molecular formula is C21H19F3N4O3S. The van der Waals surface area contributed by atoms with Crippen molar-refractivity contribution in [2.45, 2.75) is 36.9 Å². The van der Waals surface area contributed by atoms with Gasteiger partial charge in [-0.15, -0.1) is 0 Å². The maximum absolute atomic E-state index is 12.9. The predicted octanol–water partition coefficient (Wildman–Crippen LogP) is 4.11. The van der Waals surface area contributed by atoms with Crippen LogP contribution in [0.1, 0.15) is 29.7 Å². The molecule has 168 valence electrons. The molecule has 4 rings (SSSR count). The molecule has 11 heteroatoms. The van der Waals surface area contributed by atoms with Crippen molar-refractivity contribution >= 4 is 34.6 Å². The fourth-order valence-electron chi connectivity index (χ4n) is 3.34. The molecule has 7 nitrogen and oxygen atoms in total. The summed E-state index contributed by atoms with van der Waals surface area (Å²) in [5, 5.41) is 0.484. The second-order valence-corrected chi connectivity index (χ2v) is 8.19. The van der Waals surface area contributed by atoms with E-state index in [2.05, 4.69) is 15.0 Å². The highest BCUT2D eigenvalue weighted by Crippen LogP contribution is 2.32. The summed E-state index contributed by atoms with van der Waals surface area (Å²) in [5.74, 6) is 0.651. The fraction of sp³-hybridized carbons (Fsp3) is 0.333. The number of thioether (sulfide) groups is 1. The number of aromatic amines is 1. The van der Waals surface area contributed by atoms with Crippen molar-refractivity contribution in [3.8, 4) is 5.75 Å². The molecule has 1 aliphatic rings. The number of alkyl halides is 3. The number of fused-ring (bicyclic) bond motifs is 1. The van der Waals surface area contributed by atoms with E-state index >= 15 is 0 Å². The summed E-state index contributed by atoms with van der Waals surface area (Å²) in [7, 11) is 0. The first-order chi connectivity index (χ1) is 15.2. The number of pyridine rings is 1. The van der Waals surface area contributed by atoms with Gasteiger partial charge in [-0.05, 0) is 31.2 Å². The minimum atomic E-state index is -4.42. The number of carbonyl (C=O) groups excluding carboxylic acids is 2.